The Kier molecular flexibility index (Phi) is 5.22. The number of nitrogens with zero attached hydrogens (tertiary/aromatic N) is 2. The zero-order chi connectivity index (χ0) is 21.9. The Bertz CT molecular complexity index is 1270. The number of benzene rings is 3. The molecule has 5 nitrogen and oxygen atoms in total. The van der Waals surface area contributed by atoms with E-state index < -0.39 is 11.7 Å². The van der Waals surface area contributed by atoms with Crippen LogP contribution in [0.25, 0.3) is 11.1 Å². The van der Waals surface area contributed by atoms with Gasteiger partial charge in [-0.25, -0.2) is 0 Å². The van der Waals surface area contributed by atoms with Crippen molar-refractivity contribution < 1.29 is 14.3 Å². The van der Waals surface area contributed by atoms with Crippen molar-refractivity contribution in [3.63, 3.8) is 0 Å². The van der Waals surface area contributed by atoms with Crippen molar-refractivity contribution in [3.8, 4) is 16.9 Å². The number of ether oxygens (including phenoxy) is 1. The number of pyridine rings is 1. The molecular formula is C27H20N2O3. The quantitative estimate of drug-likeness (QED) is 0.409. The van der Waals surface area contributed by atoms with Crippen molar-refractivity contribution >= 4 is 17.4 Å². The van der Waals surface area contributed by atoms with Gasteiger partial charge in [0.05, 0.1) is 23.5 Å². The number of fused-ring (bicyclic) bond motifs is 1. The zero-order valence-electron chi connectivity index (χ0n) is 17.3. The molecule has 4 aromatic rings. The number of hydrogen-bond donors (Lipinski definition) is 0. The standard InChI is InChI=1S/C27H20N2O3/c30-26-24-16-23(32-18-22-8-4-5-15-28-22)13-14-25(24)29(27(26)31)17-19-9-11-21(12-10-19)20-6-2-1-3-7-20/h1-16H,17-18H2. The monoisotopic (exact) mass is 420 g/mol. The molecule has 156 valence electrons. The number of amides is 1. The van der Waals surface area contributed by atoms with E-state index in [1.165, 1.54) is 4.90 Å². The summed E-state index contributed by atoms with van der Waals surface area (Å²) < 4.78 is 5.77. The van der Waals surface area contributed by atoms with Crippen molar-refractivity contribution in [3.05, 3.63) is 114 Å². The Labute approximate surface area is 185 Å². The fourth-order valence-electron chi connectivity index (χ4n) is 3.78. The number of carbonyl (C=O) groups excluding carboxylic acids is 2. The molecule has 0 radical (unpaired) electrons. The van der Waals surface area contributed by atoms with Gasteiger partial charge in [-0.05, 0) is 47.0 Å². The van der Waals surface area contributed by atoms with Gasteiger partial charge in [-0.3, -0.25) is 14.6 Å². The SMILES string of the molecule is O=C1C(=O)N(Cc2ccc(-c3ccccc3)cc2)c2ccc(OCc3ccccn3)cc21. The van der Waals surface area contributed by atoms with Crippen LogP contribution in [0.1, 0.15) is 21.6 Å². The van der Waals surface area contributed by atoms with Crippen LogP contribution in [0.5, 0.6) is 5.75 Å². The molecule has 1 amide bonds. The van der Waals surface area contributed by atoms with Gasteiger partial charge in [-0.1, -0.05) is 60.7 Å². The summed E-state index contributed by atoms with van der Waals surface area (Å²) in [4.78, 5) is 31.0. The lowest BCUT2D eigenvalue weighted by atomic mass is 10.0. The van der Waals surface area contributed by atoms with Gasteiger partial charge in [-0.2, -0.15) is 0 Å². The number of ketones is 1. The van der Waals surface area contributed by atoms with Crippen LogP contribution < -0.4 is 9.64 Å². The molecule has 2 heterocycles. The topological polar surface area (TPSA) is 59.5 Å². The van der Waals surface area contributed by atoms with Crippen molar-refractivity contribution in [1.82, 2.24) is 4.98 Å². The lowest BCUT2D eigenvalue weighted by molar-refractivity contribution is -0.114. The Morgan fingerprint density at radius 2 is 1.53 bits per heavy atom. The van der Waals surface area contributed by atoms with Gasteiger partial charge in [-0.15, -0.1) is 0 Å². The summed E-state index contributed by atoms with van der Waals surface area (Å²) >= 11 is 0. The van der Waals surface area contributed by atoms with E-state index in [1.807, 2.05) is 60.7 Å². The maximum Gasteiger partial charge on any atom is 0.299 e. The molecule has 5 heteroatoms. The van der Waals surface area contributed by atoms with Crippen LogP contribution in [0, 0.1) is 0 Å². The molecule has 1 aliphatic heterocycles. The van der Waals surface area contributed by atoms with E-state index in [2.05, 4.69) is 17.1 Å². The molecule has 0 spiro atoms. The van der Waals surface area contributed by atoms with Crippen LogP contribution in [-0.4, -0.2) is 16.7 Å². The molecular weight excluding hydrogens is 400 g/mol. The predicted octanol–water partition coefficient (Wildman–Crippen LogP) is 5.06. The third-order valence-corrected chi connectivity index (χ3v) is 5.46. The first-order valence-electron chi connectivity index (χ1n) is 10.4. The largest absolute Gasteiger partial charge is 0.487 e. The lowest BCUT2D eigenvalue weighted by Crippen LogP contribution is -2.29. The molecule has 5 rings (SSSR count). The predicted molar refractivity (Wildman–Crippen MR) is 122 cm³/mol. The molecule has 0 saturated heterocycles. The van der Waals surface area contributed by atoms with Gasteiger partial charge >= 0.3 is 0 Å². The van der Waals surface area contributed by atoms with Crippen LogP contribution >= 0.6 is 0 Å². The van der Waals surface area contributed by atoms with Gasteiger partial charge in [0, 0.05) is 6.20 Å². The maximum atomic E-state index is 12.7. The first kappa shape index (κ1) is 19.7. The molecule has 3 aromatic carbocycles. The van der Waals surface area contributed by atoms with Crippen LogP contribution in [0.3, 0.4) is 0 Å². The molecule has 0 aliphatic carbocycles. The third-order valence-electron chi connectivity index (χ3n) is 5.46. The van der Waals surface area contributed by atoms with E-state index in [4.69, 9.17) is 4.74 Å². The van der Waals surface area contributed by atoms with Gasteiger partial charge < -0.3 is 9.64 Å². The second-order valence-corrected chi connectivity index (χ2v) is 7.57. The number of hydrogen-bond acceptors (Lipinski definition) is 4. The fraction of sp³-hybridized carbons (Fsp3) is 0.0741. The summed E-state index contributed by atoms with van der Waals surface area (Å²) in [5.41, 5.74) is 4.96. The van der Waals surface area contributed by atoms with Crippen LogP contribution in [-0.2, 0) is 17.9 Å². The number of Topliss-reactive ketones (excluding diaryl/α,β-unsaturated/α-hetero) is 1. The summed E-state index contributed by atoms with van der Waals surface area (Å²) in [6.07, 6.45) is 1.70. The van der Waals surface area contributed by atoms with E-state index >= 15 is 0 Å². The van der Waals surface area contributed by atoms with Crippen LogP contribution in [0.15, 0.2) is 97.2 Å². The Morgan fingerprint density at radius 3 is 2.28 bits per heavy atom. The fourth-order valence-corrected chi connectivity index (χ4v) is 3.78. The van der Waals surface area contributed by atoms with E-state index in [0.717, 1.165) is 22.4 Å². The summed E-state index contributed by atoms with van der Waals surface area (Å²) in [5.74, 6) is -0.497. The van der Waals surface area contributed by atoms with E-state index in [1.54, 1.807) is 24.4 Å². The minimum absolute atomic E-state index is 0.291. The normalized spacial score (nSPS) is 12.7. The molecule has 1 aromatic heterocycles. The lowest BCUT2D eigenvalue weighted by Gasteiger charge is -2.17. The molecule has 0 atom stereocenters. The maximum absolute atomic E-state index is 12.7. The highest BCUT2D eigenvalue weighted by Gasteiger charge is 2.36. The second-order valence-electron chi connectivity index (χ2n) is 7.57. The molecule has 0 bridgehead atoms. The average molecular weight is 420 g/mol. The first-order chi connectivity index (χ1) is 15.7. The number of carbonyl (C=O) groups is 2. The average Bonchev–Trinajstić information content (AvgIpc) is 3.09. The van der Waals surface area contributed by atoms with E-state index in [0.29, 0.717) is 30.2 Å². The Hall–Kier alpha value is -4.25. The minimum Gasteiger partial charge on any atom is -0.487 e. The zero-order valence-corrected chi connectivity index (χ0v) is 17.3. The van der Waals surface area contributed by atoms with E-state index in [9.17, 15) is 9.59 Å². The van der Waals surface area contributed by atoms with Gasteiger partial charge in [0.25, 0.3) is 11.7 Å². The van der Waals surface area contributed by atoms with Gasteiger partial charge in [0.1, 0.15) is 12.4 Å². The number of aromatic nitrogens is 1. The van der Waals surface area contributed by atoms with Crippen LogP contribution in [0.4, 0.5) is 5.69 Å². The highest BCUT2D eigenvalue weighted by Crippen LogP contribution is 2.33. The first-order valence-corrected chi connectivity index (χ1v) is 10.4. The van der Waals surface area contributed by atoms with Crippen molar-refractivity contribution in [2.24, 2.45) is 0 Å². The Morgan fingerprint density at radius 1 is 0.781 bits per heavy atom. The highest BCUT2D eigenvalue weighted by atomic mass is 16.5. The molecule has 0 fully saturated rings. The van der Waals surface area contributed by atoms with Crippen molar-refractivity contribution in [2.75, 3.05) is 4.90 Å². The van der Waals surface area contributed by atoms with Gasteiger partial charge in [0.15, 0.2) is 0 Å². The molecule has 1 aliphatic rings. The Balaban J connectivity index is 1.33. The van der Waals surface area contributed by atoms with Crippen molar-refractivity contribution in [2.45, 2.75) is 13.2 Å². The summed E-state index contributed by atoms with van der Waals surface area (Å²) in [6.45, 7) is 0.625. The third kappa shape index (κ3) is 3.88. The number of rotatable bonds is 6. The van der Waals surface area contributed by atoms with E-state index in [-0.39, 0.29) is 0 Å². The summed E-state index contributed by atoms with van der Waals surface area (Å²) in [5, 5.41) is 0. The molecule has 0 unspecified atom stereocenters. The molecule has 0 N–H and O–H groups in total. The van der Waals surface area contributed by atoms with Gasteiger partial charge in [0.2, 0.25) is 0 Å². The van der Waals surface area contributed by atoms with Crippen LogP contribution in [0.2, 0.25) is 0 Å². The summed E-state index contributed by atoms with van der Waals surface area (Å²) in [6, 6.07) is 28.9. The highest BCUT2D eigenvalue weighted by molar-refractivity contribution is 6.52. The minimum atomic E-state index is -0.519. The second kappa shape index (κ2) is 8.47. The molecule has 32 heavy (non-hydrogen) atoms. The summed E-state index contributed by atoms with van der Waals surface area (Å²) in [7, 11) is 0. The van der Waals surface area contributed by atoms with Crippen molar-refractivity contribution in [1.29, 1.82) is 0 Å². The number of anilines is 1. The smallest absolute Gasteiger partial charge is 0.299 e. The molecule has 0 saturated carbocycles.